The summed E-state index contributed by atoms with van der Waals surface area (Å²) in [7, 11) is 0. The number of rotatable bonds is 6. The van der Waals surface area contributed by atoms with Crippen molar-refractivity contribution in [1.82, 2.24) is 20.4 Å². The van der Waals surface area contributed by atoms with E-state index in [2.05, 4.69) is 36.9 Å². The Hall–Kier alpha value is -3.16. The number of carbonyl (C=O) groups excluding carboxylic acids is 4. The van der Waals surface area contributed by atoms with Gasteiger partial charge in [0.05, 0.1) is 6.67 Å². The molecule has 0 aliphatic carbocycles. The average Bonchev–Trinajstić information content (AvgIpc) is 2.66. The molecule has 0 radical (unpaired) electrons. The van der Waals surface area contributed by atoms with Gasteiger partial charge in [0.2, 0.25) is 23.6 Å². The van der Waals surface area contributed by atoms with E-state index in [1.54, 1.807) is 9.80 Å². The lowest BCUT2D eigenvalue weighted by atomic mass is 10.3. The Morgan fingerprint density at radius 3 is 1.24 bits per heavy atom. The quantitative estimate of drug-likeness (QED) is 0.503. The molecule has 1 fully saturated rings. The molecule has 0 aromatic carbocycles. The summed E-state index contributed by atoms with van der Waals surface area (Å²) in [5.74, 6) is -0.796. The SMILES string of the molecule is C=CC(=O)N1CCN(C(=O)C=C)CC1.C=CC(=O)NCNC(=O)C=C. The van der Waals surface area contributed by atoms with Crippen LogP contribution in [0.1, 0.15) is 0 Å². The Bertz CT molecular complexity index is 501. The fourth-order valence-electron chi connectivity index (χ4n) is 1.77. The maximum Gasteiger partial charge on any atom is 0.246 e. The van der Waals surface area contributed by atoms with E-state index >= 15 is 0 Å². The first-order valence-corrected chi connectivity index (χ1v) is 7.52. The minimum atomic E-state index is -0.325. The summed E-state index contributed by atoms with van der Waals surface area (Å²) in [5.41, 5.74) is 0. The zero-order valence-corrected chi connectivity index (χ0v) is 14.2. The van der Waals surface area contributed by atoms with E-state index in [4.69, 9.17) is 0 Å². The molecule has 0 saturated carbocycles. The van der Waals surface area contributed by atoms with Crippen molar-refractivity contribution in [3.05, 3.63) is 50.6 Å². The van der Waals surface area contributed by atoms with Crippen molar-refractivity contribution in [3.63, 3.8) is 0 Å². The van der Waals surface area contributed by atoms with Crippen molar-refractivity contribution >= 4 is 23.6 Å². The number of amides is 4. The molecule has 0 atom stereocenters. The molecule has 25 heavy (non-hydrogen) atoms. The third-order valence-electron chi connectivity index (χ3n) is 3.15. The molecule has 136 valence electrons. The van der Waals surface area contributed by atoms with E-state index in [1.807, 2.05) is 0 Å². The number of nitrogens with zero attached hydrogens (tertiary/aromatic N) is 2. The molecule has 1 rings (SSSR count). The molecule has 1 heterocycles. The highest BCUT2D eigenvalue weighted by atomic mass is 16.2. The fraction of sp³-hybridized carbons (Fsp3) is 0.294. The van der Waals surface area contributed by atoms with E-state index in [1.165, 1.54) is 12.2 Å². The van der Waals surface area contributed by atoms with Crippen molar-refractivity contribution in [2.45, 2.75) is 0 Å². The Balaban J connectivity index is 0.000000477. The van der Waals surface area contributed by atoms with Gasteiger partial charge < -0.3 is 20.4 Å². The molecule has 0 aromatic heterocycles. The average molecular weight is 348 g/mol. The number of nitrogens with one attached hydrogen (secondary N) is 2. The largest absolute Gasteiger partial charge is 0.336 e. The van der Waals surface area contributed by atoms with Crippen LogP contribution in [0.4, 0.5) is 0 Å². The van der Waals surface area contributed by atoms with Gasteiger partial charge in [-0.05, 0) is 24.3 Å². The predicted molar refractivity (Wildman–Crippen MR) is 95.1 cm³/mol. The zero-order chi connectivity index (χ0) is 19.2. The molecule has 0 bridgehead atoms. The number of hydrogen-bond donors (Lipinski definition) is 2. The van der Waals surface area contributed by atoms with Gasteiger partial charge in [-0.3, -0.25) is 19.2 Å². The molecular formula is C17H24N4O4. The summed E-state index contributed by atoms with van der Waals surface area (Å²) in [6, 6.07) is 0. The number of hydrogen-bond acceptors (Lipinski definition) is 4. The molecule has 0 aromatic rings. The van der Waals surface area contributed by atoms with Crippen molar-refractivity contribution in [3.8, 4) is 0 Å². The van der Waals surface area contributed by atoms with Gasteiger partial charge in [-0.25, -0.2) is 0 Å². The van der Waals surface area contributed by atoms with E-state index in [-0.39, 0.29) is 30.3 Å². The monoisotopic (exact) mass is 348 g/mol. The van der Waals surface area contributed by atoms with Gasteiger partial charge in [-0.2, -0.15) is 0 Å². The van der Waals surface area contributed by atoms with Crippen LogP contribution in [-0.2, 0) is 19.2 Å². The molecular weight excluding hydrogens is 324 g/mol. The van der Waals surface area contributed by atoms with E-state index in [0.717, 1.165) is 12.2 Å². The van der Waals surface area contributed by atoms with Crippen molar-refractivity contribution in [2.75, 3.05) is 32.8 Å². The second-order valence-corrected chi connectivity index (χ2v) is 4.73. The van der Waals surface area contributed by atoms with Gasteiger partial charge >= 0.3 is 0 Å². The van der Waals surface area contributed by atoms with E-state index in [0.29, 0.717) is 26.2 Å². The first kappa shape index (κ1) is 21.8. The lowest BCUT2D eigenvalue weighted by Gasteiger charge is -2.33. The third-order valence-corrected chi connectivity index (χ3v) is 3.15. The van der Waals surface area contributed by atoms with Crippen LogP contribution in [-0.4, -0.2) is 66.3 Å². The van der Waals surface area contributed by atoms with Crippen LogP contribution < -0.4 is 10.6 Å². The second-order valence-electron chi connectivity index (χ2n) is 4.73. The Kier molecular flexibility index (Phi) is 10.7. The maximum absolute atomic E-state index is 11.2. The predicted octanol–water partition coefficient (Wildman–Crippen LogP) is -0.422. The van der Waals surface area contributed by atoms with E-state index < -0.39 is 0 Å². The standard InChI is InChI=1S/C10H14N2O2.C7H10N2O2/c1-3-9(13)11-5-7-12(8-6-11)10(14)4-2;1-3-6(10)8-5-9-7(11)4-2/h3-4H,1-2,5-8H2;3-4H,1-2,5H2,(H,8,10)(H,9,11). The first-order chi connectivity index (χ1) is 11.9. The van der Waals surface area contributed by atoms with Crippen LogP contribution in [0.25, 0.3) is 0 Å². The van der Waals surface area contributed by atoms with Crippen LogP contribution in [0.15, 0.2) is 50.6 Å². The minimum absolute atomic E-state index is 0.0734. The van der Waals surface area contributed by atoms with Gasteiger partial charge in [0.25, 0.3) is 0 Å². The molecule has 1 saturated heterocycles. The Morgan fingerprint density at radius 1 is 0.680 bits per heavy atom. The van der Waals surface area contributed by atoms with Crippen molar-refractivity contribution in [1.29, 1.82) is 0 Å². The van der Waals surface area contributed by atoms with Gasteiger partial charge in [-0.15, -0.1) is 0 Å². The fourth-order valence-corrected chi connectivity index (χ4v) is 1.77. The molecule has 0 unspecified atom stereocenters. The van der Waals surface area contributed by atoms with Gasteiger partial charge in [-0.1, -0.05) is 26.3 Å². The molecule has 4 amide bonds. The van der Waals surface area contributed by atoms with Crippen LogP contribution in [0.2, 0.25) is 0 Å². The normalized spacial score (nSPS) is 12.6. The summed E-state index contributed by atoms with van der Waals surface area (Å²) in [5, 5.41) is 4.72. The summed E-state index contributed by atoms with van der Waals surface area (Å²) in [6.07, 6.45) is 4.84. The maximum atomic E-state index is 11.2. The minimum Gasteiger partial charge on any atom is -0.336 e. The van der Waals surface area contributed by atoms with Gasteiger partial charge in [0.1, 0.15) is 0 Å². The highest BCUT2D eigenvalue weighted by Gasteiger charge is 2.20. The molecule has 1 aliphatic rings. The Morgan fingerprint density at radius 2 is 1.00 bits per heavy atom. The van der Waals surface area contributed by atoms with Crippen molar-refractivity contribution < 1.29 is 19.2 Å². The highest BCUT2D eigenvalue weighted by Crippen LogP contribution is 2.02. The highest BCUT2D eigenvalue weighted by molar-refractivity contribution is 5.89. The number of piperazine rings is 1. The van der Waals surface area contributed by atoms with Gasteiger partial charge in [0.15, 0.2) is 0 Å². The van der Waals surface area contributed by atoms with Crippen molar-refractivity contribution in [2.24, 2.45) is 0 Å². The van der Waals surface area contributed by atoms with Crippen LogP contribution >= 0.6 is 0 Å². The van der Waals surface area contributed by atoms with Crippen LogP contribution in [0.3, 0.4) is 0 Å². The molecule has 2 N–H and O–H groups in total. The first-order valence-electron chi connectivity index (χ1n) is 7.52. The topological polar surface area (TPSA) is 98.8 Å². The Labute approximate surface area is 147 Å². The van der Waals surface area contributed by atoms with Crippen LogP contribution in [0, 0.1) is 0 Å². The van der Waals surface area contributed by atoms with Crippen LogP contribution in [0.5, 0.6) is 0 Å². The molecule has 8 heteroatoms. The van der Waals surface area contributed by atoms with E-state index in [9.17, 15) is 19.2 Å². The van der Waals surface area contributed by atoms with Gasteiger partial charge in [0, 0.05) is 26.2 Å². The summed E-state index contributed by atoms with van der Waals surface area (Å²) < 4.78 is 0. The summed E-state index contributed by atoms with van der Waals surface area (Å²) >= 11 is 0. The molecule has 0 spiro atoms. The second kappa shape index (κ2) is 12.3. The third kappa shape index (κ3) is 8.89. The lowest BCUT2D eigenvalue weighted by Crippen LogP contribution is -2.49. The number of carbonyl (C=O) groups is 4. The molecule has 8 nitrogen and oxygen atoms in total. The lowest BCUT2D eigenvalue weighted by molar-refractivity contribution is -0.134. The zero-order valence-electron chi connectivity index (χ0n) is 14.2. The summed E-state index contributed by atoms with van der Waals surface area (Å²) in [4.78, 5) is 46.7. The summed E-state index contributed by atoms with van der Waals surface area (Å²) in [6.45, 7) is 15.7. The smallest absolute Gasteiger partial charge is 0.246 e. The molecule has 1 aliphatic heterocycles.